The molecule has 1 saturated carbocycles. The highest BCUT2D eigenvalue weighted by atomic mass is 16.3. The van der Waals surface area contributed by atoms with Crippen LogP contribution in [0.2, 0.25) is 0 Å². The Morgan fingerprint density at radius 2 is 2.12 bits per heavy atom. The third-order valence-electron chi connectivity index (χ3n) is 3.99. The first-order valence-electron chi connectivity index (χ1n) is 6.43. The number of para-hydroxylation sites is 1. The monoisotopic (exact) mass is 229 g/mol. The number of benzene rings is 1. The standard InChI is InChI=1S/C15H19NO/c1-15(7-4-8-15)11-16-9-12-10-17-14-6-3-2-5-13(12)14/h2-3,5-6,10,16H,4,7-9,11H2,1H3. The van der Waals surface area contributed by atoms with Gasteiger partial charge in [-0.2, -0.15) is 0 Å². The second-order valence-corrected chi connectivity index (χ2v) is 5.52. The highest BCUT2D eigenvalue weighted by Crippen LogP contribution is 2.39. The van der Waals surface area contributed by atoms with Crippen molar-refractivity contribution in [3.8, 4) is 0 Å². The van der Waals surface area contributed by atoms with Crippen molar-refractivity contribution >= 4 is 11.0 Å². The molecule has 1 N–H and O–H groups in total. The van der Waals surface area contributed by atoms with Gasteiger partial charge in [0.25, 0.3) is 0 Å². The summed E-state index contributed by atoms with van der Waals surface area (Å²) in [7, 11) is 0. The maximum Gasteiger partial charge on any atom is 0.134 e. The third-order valence-corrected chi connectivity index (χ3v) is 3.99. The summed E-state index contributed by atoms with van der Waals surface area (Å²) < 4.78 is 5.53. The number of furan rings is 1. The van der Waals surface area contributed by atoms with E-state index in [1.807, 2.05) is 18.4 Å². The second kappa shape index (κ2) is 4.19. The summed E-state index contributed by atoms with van der Waals surface area (Å²) in [5, 5.41) is 4.80. The van der Waals surface area contributed by atoms with Gasteiger partial charge in [0.05, 0.1) is 6.26 Å². The van der Waals surface area contributed by atoms with Crippen LogP contribution in [0.5, 0.6) is 0 Å². The smallest absolute Gasteiger partial charge is 0.134 e. The van der Waals surface area contributed by atoms with Gasteiger partial charge in [0.1, 0.15) is 5.58 Å². The lowest BCUT2D eigenvalue weighted by Crippen LogP contribution is -2.36. The number of hydrogen-bond donors (Lipinski definition) is 1. The largest absolute Gasteiger partial charge is 0.464 e. The van der Waals surface area contributed by atoms with Gasteiger partial charge in [0, 0.05) is 24.0 Å². The molecule has 2 nitrogen and oxygen atoms in total. The van der Waals surface area contributed by atoms with Gasteiger partial charge in [0.2, 0.25) is 0 Å². The van der Waals surface area contributed by atoms with Crippen LogP contribution in [-0.2, 0) is 6.54 Å². The first-order chi connectivity index (χ1) is 8.27. The summed E-state index contributed by atoms with van der Waals surface area (Å²) >= 11 is 0. The fourth-order valence-electron chi connectivity index (χ4n) is 2.63. The Bertz CT molecular complexity index is 510. The summed E-state index contributed by atoms with van der Waals surface area (Å²) in [6, 6.07) is 8.22. The van der Waals surface area contributed by atoms with Gasteiger partial charge in [-0.3, -0.25) is 0 Å². The summed E-state index contributed by atoms with van der Waals surface area (Å²) in [6.45, 7) is 4.40. The highest BCUT2D eigenvalue weighted by molar-refractivity contribution is 5.80. The lowest BCUT2D eigenvalue weighted by Gasteiger charge is -2.38. The Hall–Kier alpha value is -1.28. The molecule has 0 unspecified atom stereocenters. The molecular weight excluding hydrogens is 210 g/mol. The molecule has 2 aromatic rings. The van der Waals surface area contributed by atoms with Crippen LogP contribution in [0.3, 0.4) is 0 Å². The molecule has 17 heavy (non-hydrogen) atoms. The average Bonchev–Trinajstić information content (AvgIpc) is 2.71. The minimum atomic E-state index is 0.541. The van der Waals surface area contributed by atoms with Crippen molar-refractivity contribution in [1.82, 2.24) is 5.32 Å². The predicted octanol–water partition coefficient (Wildman–Crippen LogP) is 3.71. The summed E-state index contributed by atoms with van der Waals surface area (Å²) in [6.07, 6.45) is 6.01. The normalized spacial score (nSPS) is 18.2. The van der Waals surface area contributed by atoms with Crippen LogP contribution in [0, 0.1) is 5.41 Å². The van der Waals surface area contributed by atoms with E-state index in [4.69, 9.17) is 4.42 Å². The van der Waals surface area contributed by atoms with Gasteiger partial charge in [-0.05, 0) is 24.3 Å². The molecule has 0 amide bonds. The van der Waals surface area contributed by atoms with Crippen LogP contribution >= 0.6 is 0 Å². The SMILES string of the molecule is CC1(CNCc2coc3ccccc23)CCC1. The minimum absolute atomic E-state index is 0.541. The summed E-state index contributed by atoms with van der Waals surface area (Å²) in [5.41, 5.74) is 2.79. The Morgan fingerprint density at radius 1 is 1.29 bits per heavy atom. The van der Waals surface area contributed by atoms with E-state index < -0.39 is 0 Å². The predicted molar refractivity (Wildman–Crippen MR) is 69.9 cm³/mol. The van der Waals surface area contributed by atoms with Crippen molar-refractivity contribution in [3.05, 3.63) is 36.1 Å². The molecular formula is C15H19NO. The van der Waals surface area contributed by atoms with Gasteiger partial charge in [-0.25, -0.2) is 0 Å². The molecule has 0 radical (unpaired) electrons. The fraction of sp³-hybridized carbons (Fsp3) is 0.467. The molecule has 0 atom stereocenters. The van der Waals surface area contributed by atoms with E-state index in [0.717, 1.165) is 18.7 Å². The molecule has 1 fully saturated rings. The molecule has 1 aromatic heterocycles. The van der Waals surface area contributed by atoms with E-state index in [9.17, 15) is 0 Å². The Morgan fingerprint density at radius 3 is 2.88 bits per heavy atom. The molecule has 2 heteroatoms. The maximum absolute atomic E-state index is 5.53. The molecule has 3 rings (SSSR count). The van der Waals surface area contributed by atoms with Gasteiger partial charge in [-0.1, -0.05) is 31.5 Å². The van der Waals surface area contributed by atoms with E-state index >= 15 is 0 Å². The van der Waals surface area contributed by atoms with Crippen molar-refractivity contribution in [2.75, 3.05) is 6.54 Å². The van der Waals surface area contributed by atoms with Gasteiger partial charge >= 0.3 is 0 Å². The molecule has 1 aliphatic carbocycles. The molecule has 0 spiro atoms. The zero-order valence-electron chi connectivity index (χ0n) is 10.3. The second-order valence-electron chi connectivity index (χ2n) is 5.52. The van der Waals surface area contributed by atoms with Crippen LogP contribution in [0.15, 0.2) is 34.9 Å². The Kier molecular flexibility index (Phi) is 2.67. The number of nitrogens with one attached hydrogen (secondary N) is 1. The molecule has 1 heterocycles. The molecule has 0 aliphatic heterocycles. The van der Waals surface area contributed by atoms with E-state index in [-0.39, 0.29) is 0 Å². The Balaban J connectivity index is 1.65. The van der Waals surface area contributed by atoms with Gasteiger partial charge in [0.15, 0.2) is 0 Å². The van der Waals surface area contributed by atoms with E-state index in [1.165, 1.54) is 30.2 Å². The topological polar surface area (TPSA) is 25.2 Å². The quantitative estimate of drug-likeness (QED) is 0.864. The van der Waals surface area contributed by atoms with E-state index in [0.29, 0.717) is 5.41 Å². The first-order valence-corrected chi connectivity index (χ1v) is 6.43. The van der Waals surface area contributed by atoms with Gasteiger partial charge in [-0.15, -0.1) is 0 Å². The highest BCUT2D eigenvalue weighted by Gasteiger charge is 2.30. The van der Waals surface area contributed by atoms with Crippen molar-refractivity contribution in [2.45, 2.75) is 32.7 Å². The third kappa shape index (κ3) is 2.09. The van der Waals surface area contributed by atoms with E-state index in [2.05, 4.69) is 24.4 Å². The molecule has 1 aliphatic rings. The molecule has 1 aromatic carbocycles. The first kappa shape index (κ1) is 10.8. The summed E-state index contributed by atoms with van der Waals surface area (Å²) in [4.78, 5) is 0. The zero-order chi connectivity index (χ0) is 11.7. The summed E-state index contributed by atoms with van der Waals surface area (Å²) in [5.74, 6) is 0. The number of rotatable bonds is 4. The number of fused-ring (bicyclic) bond motifs is 1. The average molecular weight is 229 g/mol. The lowest BCUT2D eigenvalue weighted by molar-refractivity contribution is 0.156. The van der Waals surface area contributed by atoms with Crippen LogP contribution in [0.25, 0.3) is 11.0 Å². The molecule has 90 valence electrons. The van der Waals surface area contributed by atoms with Crippen molar-refractivity contribution < 1.29 is 4.42 Å². The maximum atomic E-state index is 5.53. The van der Waals surface area contributed by atoms with Crippen LogP contribution < -0.4 is 5.32 Å². The fourth-order valence-corrected chi connectivity index (χ4v) is 2.63. The van der Waals surface area contributed by atoms with Gasteiger partial charge < -0.3 is 9.73 Å². The minimum Gasteiger partial charge on any atom is -0.464 e. The lowest BCUT2D eigenvalue weighted by atomic mass is 9.70. The molecule has 0 bridgehead atoms. The van der Waals surface area contributed by atoms with E-state index in [1.54, 1.807) is 0 Å². The number of hydrogen-bond acceptors (Lipinski definition) is 2. The van der Waals surface area contributed by atoms with Crippen molar-refractivity contribution in [3.63, 3.8) is 0 Å². The van der Waals surface area contributed by atoms with Crippen molar-refractivity contribution in [2.24, 2.45) is 5.41 Å². The molecule has 0 saturated heterocycles. The Labute approximate surface area is 102 Å². The van der Waals surface area contributed by atoms with Crippen LogP contribution in [0.1, 0.15) is 31.7 Å². The zero-order valence-corrected chi connectivity index (χ0v) is 10.3. The van der Waals surface area contributed by atoms with Crippen LogP contribution in [0.4, 0.5) is 0 Å². The van der Waals surface area contributed by atoms with Crippen molar-refractivity contribution in [1.29, 1.82) is 0 Å². The van der Waals surface area contributed by atoms with Crippen LogP contribution in [-0.4, -0.2) is 6.54 Å².